The van der Waals surface area contributed by atoms with E-state index >= 15 is 0 Å². The van der Waals surface area contributed by atoms with Crippen molar-refractivity contribution in [2.45, 2.75) is 26.6 Å². The third-order valence-electron chi connectivity index (χ3n) is 4.81. The van der Waals surface area contributed by atoms with Crippen LogP contribution in [0.5, 0.6) is 5.75 Å². The molecular formula is C25H24N2O. The second-order valence-electron chi connectivity index (χ2n) is 6.97. The molecule has 1 aromatic heterocycles. The van der Waals surface area contributed by atoms with Crippen LogP contribution in [0.4, 0.5) is 0 Å². The average molecular weight is 368 g/mol. The number of aromatic nitrogens is 1. The van der Waals surface area contributed by atoms with E-state index in [1.807, 2.05) is 24.4 Å². The molecule has 0 bridgehead atoms. The number of nitrogens with one attached hydrogen (secondary N) is 1. The van der Waals surface area contributed by atoms with Gasteiger partial charge in [-0.1, -0.05) is 66.2 Å². The van der Waals surface area contributed by atoms with Crippen LogP contribution < -0.4 is 10.1 Å². The quantitative estimate of drug-likeness (QED) is 0.473. The highest BCUT2D eigenvalue weighted by Crippen LogP contribution is 2.29. The fourth-order valence-corrected chi connectivity index (χ4v) is 3.41. The van der Waals surface area contributed by atoms with Gasteiger partial charge < -0.3 is 10.1 Å². The number of hydrogen-bond acceptors (Lipinski definition) is 3. The third kappa shape index (κ3) is 4.38. The van der Waals surface area contributed by atoms with Gasteiger partial charge in [0.05, 0.1) is 5.69 Å². The Balaban J connectivity index is 1.55. The lowest BCUT2D eigenvalue weighted by atomic mass is 10.0. The number of ether oxygens (including phenoxy) is 1. The van der Waals surface area contributed by atoms with Crippen molar-refractivity contribution in [1.29, 1.82) is 0 Å². The lowest BCUT2D eigenvalue weighted by Crippen LogP contribution is -2.15. The van der Waals surface area contributed by atoms with E-state index in [2.05, 4.69) is 77.9 Å². The Morgan fingerprint density at radius 3 is 2.61 bits per heavy atom. The molecule has 0 aliphatic rings. The van der Waals surface area contributed by atoms with Gasteiger partial charge in [-0.25, -0.2) is 0 Å². The second-order valence-corrected chi connectivity index (χ2v) is 6.97. The molecule has 1 N–H and O–H groups in total. The molecule has 0 spiro atoms. The van der Waals surface area contributed by atoms with Crippen molar-refractivity contribution >= 4 is 10.8 Å². The number of pyridine rings is 1. The van der Waals surface area contributed by atoms with Gasteiger partial charge in [0, 0.05) is 24.8 Å². The summed E-state index contributed by atoms with van der Waals surface area (Å²) in [6.45, 7) is 4.11. The van der Waals surface area contributed by atoms with Gasteiger partial charge in [-0.05, 0) is 41.5 Å². The summed E-state index contributed by atoms with van der Waals surface area (Å²) in [5.74, 6) is 0.925. The van der Waals surface area contributed by atoms with E-state index in [0.29, 0.717) is 6.61 Å². The van der Waals surface area contributed by atoms with Crippen molar-refractivity contribution in [2.75, 3.05) is 0 Å². The maximum Gasteiger partial charge on any atom is 0.124 e. The molecule has 1 heterocycles. The minimum atomic E-state index is 0.563. The second kappa shape index (κ2) is 8.68. The van der Waals surface area contributed by atoms with Crippen molar-refractivity contribution in [2.24, 2.45) is 0 Å². The smallest absolute Gasteiger partial charge is 0.124 e. The molecule has 0 saturated carbocycles. The van der Waals surface area contributed by atoms with Crippen molar-refractivity contribution < 1.29 is 4.74 Å². The molecule has 4 aromatic rings. The average Bonchev–Trinajstić information content (AvgIpc) is 2.74. The predicted octanol–water partition coefficient (Wildman–Crippen LogP) is 5.41. The van der Waals surface area contributed by atoms with E-state index in [1.165, 1.54) is 27.5 Å². The normalized spacial score (nSPS) is 10.9. The summed E-state index contributed by atoms with van der Waals surface area (Å²) in [6, 6.07) is 27.1. The Bertz CT molecular complexity index is 1060. The first-order valence-electron chi connectivity index (χ1n) is 9.59. The molecule has 0 fully saturated rings. The van der Waals surface area contributed by atoms with Gasteiger partial charge in [0.2, 0.25) is 0 Å². The lowest BCUT2D eigenvalue weighted by Gasteiger charge is -2.15. The Kier molecular flexibility index (Phi) is 5.64. The maximum atomic E-state index is 6.23. The van der Waals surface area contributed by atoms with Crippen LogP contribution in [0.2, 0.25) is 0 Å². The zero-order valence-corrected chi connectivity index (χ0v) is 16.1. The van der Waals surface area contributed by atoms with E-state index in [1.54, 1.807) is 0 Å². The highest BCUT2D eigenvalue weighted by atomic mass is 16.5. The minimum absolute atomic E-state index is 0.563. The Morgan fingerprint density at radius 2 is 1.75 bits per heavy atom. The first-order chi connectivity index (χ1) is 13.8. The highest BCUT2D eigenvalue weighted by molar-refractivity contribution is 5.87. The van der Waals surface area contributed by atoms with Gasteiger partial charge >= 0.3 is 0 Å². The molecule has 3 nitrogen and oxygen atoms in total. The van der Waals surface area contributed by atoms with Crippen molar-refractivity contribution in [1.82, 2.24) is 10.3 Å². The summed E-state index contributed by atoms with van der Waals surface area (Å²) in [6.07, 6.45) is 1.82. The standard InChI is InChI=1S/C25H24N2O/c1-19-7-6-8-20(15-19)18-28-25-13-12-21-9-2-3-11-23(21)24(25)17-26-16-22-10-4-5-14-27-22/h2-15,26H,16-18H2,1H3. The Labute approximate surface area is 166 Å². The zero-order valence-electron chi connectivity index (χ0n) is 16.1. The van der Waals surface area contributed by atoms with Gasteiger partial charge in [0.1, 0.15) is 12.4 Å². The molecule has 3 aromatic carbocycles. The van der Waals surface area contributed by atoms with Crippen LogP contribution in [0.3, 0.4) is 0 Å². The number of hydrogen-bond donors (Lipinski definition) is 1. The summed E-state index contributed by atoms with van der Waals surface area (Å²) < 4.78 is 6.23. The first kappa shape index (κ1) is 18.2. The van der Waals surface area contributed by atoms with Gasteiger partial charge in [0.25, 0.3) is 0 Å². The molecule has 4 rings (SSSR count). The van der Waals surface area contributed by atoms with E-state index in [4.69, 9.17) is 4.74 Å². The Hall–Kier alpha value is -3.17. The number of aryl methyl sites for hydroxylation is 1. The topological polar surface area (TPSA) is 34.1 Å². The van der Waals surface area contributed by atoms with Crippen LogP contribution in [0.1, 0.15) is 22.4 Å². The molecule has 3 heteroatoms. The number of rotatable bonds is 7. The van der Waals surface area contributed by atoms with E-state index in [-0.39, 0.29) is 0 Å². The fraction of sp³-hybridized carbons (Fsp3) is 0.160. The third-order valence-corrected chi connectivity index (χ3v) is 4.81. The van der Waals surface area contributed by atoms with Crippen LogP contribution >= 0.6 is 0 Å². The molecule has 0 saturated heterocycles. The van der Waals surface area contributed by atoms with E-state index in [9.17, 15) is 0 Å². The summed E-state index contributed by atoms with van der Waals surface area (Å²) in [7, 11) is 0. The lowest BCUT2D eigenvalue weighted by molar-refractivity contribution is 0.302. The summed E-state index contributed by atoms with van der Waals surface area (Å²) >= 11 is 0. The highest BCUT2D eigenvalue weighted by Gasteiger charge is 2.09. The first-order valence-corrected chi connectivity index (χ1v) is 9.59. The molecule has 140 valence electrons. The molecule has 0 aliphatic carbocycles. The van der Waals surface area contributed by atoms with Gasteiger partial charge in [-0.15, -0.1) is 0 Å². The molecule has 0 aliphatic heterocycles. The van der Waals surface area contributed by atoms with Crippen LogP contribution in [0.15, 0.2) is 85.1 Å². The molecule has 0 amide bonds. The van der Waals surface area contributed by atoms with Crippen LogP contribution in [0, 0.1) is 6.92 Å². The van der Waals surface area contributed by atoms with E-state index < -0.39 is 0 Å². The van der Waals surface area contributed by atoms with Crippen LogP contribution in [-0.2, 0) is 19.7 Å². The fourth-order valence-electron chi connectivity index (χ4n) is 3.41. The van der Waals surface area contributed by atoms with E-state index in [0.717, 1.165) is 24.5 Å². The van der Waals surface area contributed by atoms with Crippen molar-refractivity contribution in [3.63, 3.8) is 0 Å². The van der Waals surface area contributed by atoms with Gasteiger partial charge in [0.15, 0.2) is 0 Å². The molecule has 0 unspecified atom stereocenters. The summed E-state index contributed by atoms with van der Waals surface area (Å²) in [5, 5.41) is 5.96. The summed E-state index contributed by atoms with van der Waals surface area (Å²) in [4.78, 5) is 4.39. The van der Waals surface area contributed by atoms with Crippen LogP contribution in [-0.4, -0.2) is 4.98 Å². The summed E-state index contributed by atoms with van der Waals surface area (Å²) in [5.41, 5.74) is 4.64. The monoisotopic (exact) mass is 368 g/mol. The molecular weight excluding hydrogens is 344 g/mol. The number of benzene rings is 3. The molecule has 0 atom stereocenters. The SMILES string of the molecule is Cc1cccc(COc2ccc3ccccc3c2CNCc2ccccn2)c1. The van der Waals surface area contributed by atoms with Crippen molar-refractivity contribution in [3.05, 3.63) is 107 Å². The number of fused-ring (bicyclic) bond motifs is 1. The molecule has 28 heavy (non-hydrogen) atoms. The zero-order chi connectivity index (χ0) is 19.2. The maximum absolute atomic E-state index is 6.23. The predicted molar refractivity (Wildman–Crippen MR) is 114 cm³/mol. The van der Waals surface area contributed by atoms with Gasteiger partial charge in [-0.3, -0.25) is 4.98 Å². The van der Waals surface area contributed by atoms with Crippen LogP contribution in [0.25, 0.3) is 10.8 Å². The molecule has 0 radical (unpaired) electrons. The van der Waals surface area contributed by atoms with Gasteiger partial charge in [-0.2, -0.15) is 0 Å². The minimum Gasteiger partial charge on any atom is -0.489 e. The van der Waals surface area contributed by atoms with Crippen molar-refractivity contribution in [3.8, 4) is 5.75 Å². The number of nitrogens with zero attached hydrogens (tertiary/aromatic N) is 1. The Morgan fingerprint density at radius 1 is 0.857 bits per heavy atom. The largest absolute Gasteiger partial charge is 0.489 e.